The van der Waals surface area contributed by atoms with Crippen LogP contribution in [0.15, 0.2) is 36.9 Å². The Bertz CT molecular complexity index is 552. The van der Waals surface area contributed by atoms with Gasteiger partial charge in [0, 0.05) is 11.3 Å². The Kier molecular flexibility index (Phi) is 3.91. The molecule has 2 aromatic rings. The maximum absolute atomic E-state index is 12.1. The fraction of sp³-hybridized carbons (Fsp3) is 0.308. The first-order valence-corrected chi connectivity index (χ1v) is 6.01. The highest BCUT2D eigenvalue weighted by Gasteiger charge is 2.17. The van der Waals surface area contributed by atoms with E-state index in [1.807, 2.05) is 12.1 Å². The van der Waals surface area contributed by atoms with Gasteiger partial charge in [0.15, 0.2) is 0 Å². The van der Waals surface area contributed by atoms with Crippen LogP contribution >= 0.6 is 0 Å². The van der Waals surface area contributed by atoms with Gasteiger partial charge in [0.25, 0.3) is 0 Å². The Hall–Kier alpha value is -2.21. The van der Waals surface area contributed by atoms with Crippen molar-refractivity contribution in [1.29, 1.82) is 0 Å². The molecule has 0 fully saturated rings. The number of rotatable bonds is 4. The summed E-state index contributed by atoms with van der Waals surface area (Å²) in [4.78, 5) is 15.9. The minimum absolute atomic E-state index is 0.210. The van der Waals surface area contributed by atoms with Crippen LogP contribution in [-0.4, -0.2) is 25.8 Å². The molecule has 2 N–H and O–H groups in total. The summed E-state index contributed by atoms with van der Waals surface area (Å²) in [5.41, 5.74) is 1.29. The molecule has 0 aliphatic heterocycles. The molecule has 6 nitrogen and oxygen atoms in total. The van der Waals surface area contributed by atoms with Gasteiger partial charge in [0.1, 0.15) is 18.7 Å². The Labute approximate surface area is 111 Å². The number of para-hydroxylation sites is 1. The zero-order valence-corrected chi connectivity index (χ0v) is 10.8. The SMILES string of the molecule is CC(O)c1ccccc1NC(=O)C(C)n1cncn1. The lowest BCUT2D eigenvalue weighted by Crippen LogP contribution is -2.24. The first-order chi connectivity index (χ1) is 9.09. The normalized spacial score (nSPS) is 13.8. The highest BCUT2D eigenvalue weighted by Crippen LogP contribution is 2.23. The summed E-state index contributed by atoms with van der Waals surface area (Å²) in [7, 11) is 0. The predicted molar refractivity (Wildman–Crippen MR) is 70.4 cm³/mol. The van der Waals surface area contributed by atoms with Crippen LogP contribution < -0.4 is 5.32 Å². The molecule has 1 aromatic carbocycles. The van der Waals surface area contributed by atoms with Gasteiger partial charge in [0.2, 0.25) is 5.91 Å². The van der Waals surface area contributed by atoms with Crippen molar-refractivity contribution in [2.45, 2.75) is 26.0 Å². The second-order valence-electron chi connectivity index (χ2n) is 4.30. The molecule has 0 saturated heterocycles. The second kappa shape index (κ2) is 5.62. The summed E-state index contributed by atoms with van der Waals surface area (Å²) in [5, 5.41) is 16.4. The first-order valence-electron chi connectivity index (χ1n) is 6.01. The van der Waals surface area contributed by atoms with Gasteiger partial charge >= 0.3 is 0 Å². The van der Waals surface area contributed by atoms with E-state index < -0.39 is 12.1 Å². The van der Waals surface area contributed by atoms with Crippen LogP contribution in [0.3, 0.4) is 0 Å². The molecule has 0 spiro atoms. The molecule has 0 aliphatic rings. The number of nitrogens with zero attached hydrogens (tertiary/aromatic N) is 3. The van der Waals surface area contributed by atoms with Gasteiger partial charge in [-0.25, -0.2) is 9.67 Å². The maximum atomic E-state index is 12.1. The minimum atomic E-state index is -0.641. The van der Waals surface area contributed by atoms with Gasteiger partial charge in [-0.1, -0.05) is 18.2 Å². The molecule has 0 radical (unpaired) electrons. The molecule has 0 bridgehead atoms. The number of carbonyl (C=O) groups excluding carboxylic acids is 1. The molecular formula is C13H16N4O2. The summed E-state index contributed by atoms with van der Waals surface area (Å²) in [6.07, 6.45) is 2.23. The number of aliphatic hydroxyl groups is 1. The van der Waals surface area contributed by atoms with E-state index in [1.54, 1.807) is 26.0 Å². The quantitative estimate of drug-likeness (QED) is 0.873. The van der Waals surface area contributed by atoms with Crippen LogP contribution in [0.2, 0.25) is 0 Å². The van der Waals surface area contributed by atoms with Crippen molar-refractivity contribution in [3.8, 4) is 0 Å². The van der Waals surface area contributed by atoms with Gasteiger partial charge in [-0.3, -0.25) is 4.79 Å². The third-order valence-corrected chi connectivity index (χ3v) is 2.88. The van der Waals surface area contributed by atoms with E-state index in [9.17, 15) is 9.90 Å². The largest absolute Gasteiger partial charge is 0.389 e. The molecule has 19 heavy (non-hydrogen) atoms. The van der Waals surface area contributed by atoms with Gasteiger partial charge in [-0.05, 0) is 19.9 Å². The lowest BCUT2D eigenvalue weighted by atomic mass is 10.1. The molecule has 0 aliphatic carbocycles. The standard InChI is InChI=1S/C13H16N4O2/c1-9(17-8-14-7-15-17)13(19)16-12-6-4-3-5-11(12)10(2)18/h3-10,18H,1-2H3,(H,16,19). The van der Waals surface area contributed by atoms with Gasteiger partial charge < -0.3 is 10.4 Å². The van der Waals surface area contributed by atoms with Crippen LogP contribution in [0.4, 0.5) is 5.69 Å². The topological polar surface area (TPSA) is 80.0 Å². The zero-order chi connectivity index (χ0) is 13.8. The van der Waals surface area contributed by atoms with E-state index in [1.165, 1.54) is 17.3 Å². The molecule has 0 saturated carbocycles. The van der Waals surface area contributed by atoms with Crippen LogP contribution in [0.25, 0.3) is 0 Å². The molecule has 100 valence electrons. The Morgan fingerprint density at radius 1 is 1.37 bits per heavy atom. The van der Waals surface area contributed by atoms with Gasteiger partial charge in [0.05, 0.1) is 6.10 Å². The number of amides is 1. The van der Waals surface area contributed by atoms with E-state index >= 15 is 0 Å². The van der Waals surface area contributed by atoms with Gasteiger partial charge in [-0.15, -0.1) is 0 Å². The molecule has 2 rings (SSSR count). The number of aliphatic hydroxyl groups excluding tert-OH is 1. The van der Waals surface area contributed by atoms with Crippen molar-refractivity contribution in [2.24, 2.45) is 0 Å². The molecule has 2 unspecified atom stereocenters. The Balaban J connectivity index is 2.15. The molecular weight excluding hydrogens is 244 g/mol. The molecule has 1 heterocycles. The number of carbonyl (C=O) groups is 1. The number of nitrogens with one attached hydrogen (secondary N) is 1. The molecule has 6 heteroatoms. The Morgan fingerprint density at radius 2 is 2.11 bits per heavy atom. The van der Waals surface area contributed by atoms with Crippen molar-refractivity contribution >= 4 is 11.6 Å². The van der Waals surface area contributed by atoms with Crippen molar-refractivity contribution in [3.63, 3.8) is 0 Å². The van der Waals surface area contributed by atoms with Crippen molar-refractivity contribution in [2.75, 3.05) is 5.32 Å². The minimum Gasteiger partial charge on any atom is -0.389 e. The van der Waals surface area contributed by atoms with E-state index in [0.29, 0.717) is 11.3 Å². The summed E-state index contributed by atoms with van der Waals surface area (Å²) in [5.74, 6) is -0.210. The van der Waals surface area contributed by atoms with Crippen LogP contribution in [0.5, 0.6) is 0 Å². The monoisotopic (exact) mass is 260 g/mol. The molecule has 1 aromatic heterocycles. The zero-order valence-electron chi connectivity index (χ0n) is 10.8. The Morgan fingerprint density at radius 3 is 2.74 bits per heavy atom. The van der Waals surface area contributed by atoms with Gasteiger partial charge in [-0.2, -0.15) is 5.10 Å². The maximum Gasteiger partial charge on any atom is 0.249 e. The van der Waals surface area contributed by atoms with Crippen LogP contribution in [-0.2, 0) is 4.79 Å². The molecule has 1 amide bonds. The number of hydrogen-bond donors (Lipinski definition) is 2. The first kappa shape index (κ1) is 13.2. The average molecular weight is 260 g/mol. The lowest BCUT2D eigenvalue weighted by molar-refractivity contribution is -0.119. The summed E-state index contributed by atoms with van der Waals surface area (Å²) < 4.78 is 1.47. The third-order valence-electron chi connectivity index (χ3n) is 2.88. The van der Waals surface area contributed by atoms with E-state index in [0.717, 1.165) is 0 Å². The highest BCUT2D eigenvalue weighted by atomic mass is 16.3. The van der Waals surface area contributed by atoms with E-state index in [-0.39, 0.29) is 5.91 Å². The van der Waals surface area contributed by atoms with Crippen molar-refractivity contribution < 1.29 is 9.90 Å². The molecule has 2 atom stereocenters. The number of anilines is 1. The van der Waals surface area contributed by atoms with E-state index in [2.05, 4.69) is 15.4 Å². The fourth-order valence-electron chi connectivity index (χ4n) is 1.75. The van der Waals surface area contributed by atoms with Crippen LogP contribution in [0.1, 0.15) is 31.6 Å². The van der Waals surface area contributed by atoms with Crippen LogP contribution in [0, 0.1) is 0 Å². The fourth-order valence-corrected chi connectivity index (χ4v) is 1.75. The average Bonchev–Trinajstić information content (AvgIpc) is 2.92. The highest BCUT2D eigenvalue weighted by molar-refractivity contribution is 5.94. The number of hydrogen-bond acceptors (Lipinski definition) is 4. The third kappa shape index (κ3) is 2.97. The van der Waals surface area contributed by atoms with E-state index in [4.69, 9.17) is 0 Å². The van der Waals surface area contributed by atoms with Crippen molar-refractivity contribution in [3.05, 3.63) is 42.5 Å². The predicted octanol–water partition coefficient (Wildman–Crippen LogP) is 1.53. The summed E-state index contributed by atoms with van der Waals surface area (Å²) in [6.45, 7) is 3.39. The summed E-state index contributed by atoms with van der Waals surface area (Å²) in [6, 6.07) is 6.69. The lowest BCUT2D eigenvalue weighted by Gasteiger charge is -2.16. The smallest absolute Gasteiger partial charge is 0.249 e. The number of aromatic nitrogens is 3. The summed E-state index contributed by atoms with van der Waals surface area (Å²) >= 11 is 0. The van der Waals surface area contributed by atoms with Crippen molar-refractivity contribution in [1.82, 2.24) is 14.8 Å². The second-order valence-corrected chi connectivity index (χ2v) is 4.30. The number of benzene rings is 1.